The van der Waals surface area contributed by atoms with Gasteiger partial charge >= 0.3 is 6.09 Å². The molecule has 0 aliphatic heterocycles. The monoisotopic (exact) mass is 203 g/mol. The number of amides is 1. The van der Waals surface area contributed by atoms with Gasteiger partial charge in [-0.1, -0.05) is 13.8 Å². The molecule has 0 aromatic carbocycles. The van der Waals surface area contributed by atoms with Gasteiger partial charge in [-0.15, -0.1) is 0 Å². The highest BCUT2D eigenvalue weighted by Gasteiger charge is 2.19. The van der Waals surface area contributed by atoms with E-state index in [0.717, 1.165) is 6.42 Å². The highest BCUT2D eigenvalue weighted by Crippen LogP contribution is 2.02. The molecule has 13 heavy (non-hydrogen) atoms. The largest absolute Gasteiger partial charge is 0.504 e. The van der Waals surface area contributed by atoms with Crippen LogP contribution in [0.5, 0.6) is 0 Å². The minimum absolute atomic E-state index is 0.264. The number of hydrogen-bond acceptors (Lipinski definition) is 2. The van der Waals surface area contributed by atoms with Crippen molar-refractivity contribution in [3.8, 4) is 0 Å². The average molecular weight is 203 g/mol. The summed E-state index contributed by atoms with van der Waals surface area (Å²) in [5.41, 5.74) is 0. The van der Waals surface area contributed by atoms with Gasteiger partial charge in [-0.2, -0.15) is 0 Å². The fraction of sp³-hybridized carbons (Fsp3) is 0.889. The summed E-state index contributed by atoms with van der Waals surface area (Å²) in [5, 5.41) is 2.74. The zero-order valence-corrected chi connectivity index (χ0v) is 10.3. The SMILES string of the molecule is CC(C)CCNC(=O)O[Si](C)(C)C. The molecular formula is C9H21NO2Si. The van der Waals surface area contributed by atoms with E-state index in [0.29, 0.717) is 12.5 Å². The summed E-state index contributed by atoms with van der Waals surface area (Å²) in [4.78, 5) is 11.1. The lowest BCUT2D eigenvalue weighted by Crippen LogP contribution is -2.36. The van der Waals surface area contributed by atoms with E-state index in [2.05, 4.69) is 19.2 Å². The molecule has 1 N–H and O–H groups in total. The maximum atomic E-state index is 11.1. The molecule has 0 fully saturated rings. The Morgan fingerprint density at radius 1 is 1.38 bits per heavy atom. The van der Waals surface area contributed by atoms with Crippen LogP contribution >= 0.6 is 0 Å². The van der Waals surface area contributed by atoms with Crippen molar-refractivity contribution in [2.75, 3.05) is 6.54 Å². The Bertz CT molecular complexity index is 163. The van der Waals surface area contributed by atoms with Crippen LogP contribution < -0.4 is 5.32 Å². The number of nitrogens with one attached hydrogen (secondary N) is 1. The van der Waals surface area contributed by atoms with Crippen LogP contribution in [0.25, 0.3) is 0 Å². The molecule has 0 aromatic heterocycles. The summed E-state index contributed by atoms with van der Waals surface area (Å²) in [7, 11) is -1.71. The highest BCUT2D eigenvalue weighted by atomic mass is 28.4. The van der Waals surface area contributed by atoms with Crippen LogP contribution in [0.15, 0.2) is 0 Å². The first-order chi connectivity index (χ1) is 5.81. The lowest BCUT2D eigenvalue weighted by atomic mass is 10.1. The maximum Gasteiger partial charge on any atom is 0.393 e. The Kier molecular flexibility index (Phi) is 5.06. The molecule has 3 nitrogen and oxygen atoms in total. The molecule has 0 heterocycles. The first-order valence-electron chi connectivity index (χ1n) is 4.78. The second kappa shape index (κ2) is 5.27. The van der Waals surface area contributed by atoms with Gasteiger partial charge in [-0.25, -0.2) is 4.79 Å². The van der Waals surface area contributed by atoms with E-state index in [1.54, 1.807) is 0 Å². The zero-order valence-electron chi connectivity index (χ0n) is 9.31. The fourth-order valence-corrected chi connectivity index (χ4v) is 1.41. The number of carbonyl (C=O) groups excluding carboxylic acids is 1. The first kappa shape index (κ1) is 12.5. The van der Waals surface area contributed by atoms with Crippen LogP contribution in [-0.4, -0.2) is 21.0 Å². The molecule has 78 valence electrons. The molecule has 1 amide bonds. The molecule has 0 rings (SSSR count). The molecule has 0 aliphatic carbocycles. The summed E-state index contributed by atoms with van der Waals surface area (Å²) in [6.07, 6.45) is 0.737. The third-order valence-corrected chi connectivity index (χ3v) is 2.19. The summed E-state index contributed by atoms with van der Waals surface area (Å²) < 4.78 is 5.21. The van der Waals surface area contributed by atoms with Gasteiger partial charge < -0.3 is 9.74 Å². The van der Waals surface area contributed by atoms with Crippen LogP contribution in [0.3, 0.4) is 0 Å². The molecule has 0 aromatic rings. The average Bonchev–Trinajstić information content (AvgIpc) is 1.81. The van der Waals surface area contributed by atoms with Crippen molar-refractivity contribution in [1.82, 2.24) is 5.32 Å². The van der Waals surface area contributed by atoms with Gasteiger partial charge in [0.05, 0.1) is 0 Å². The molecule has 0 spiro atoms. The van der Waals surface area contributed by atoms with Crippen molar-refractivity contribution < 1.29 is 9.22 Å². The Labute approximate surface area is 82.0 Å². The van der Waals surface area contributed by atoms with Gasteiger partial charge in [0, 0.05) is 6.54 Å². The van der Waals surface area contributed by atoms with Crippen molar-refractivity contribution in [3.05, 3.63) is 0 Å². The number of carbonyl (C=O) groups is 1. The summed E-state index contributed by atoms with van der Waals surface area (Å²) >= 11 is 0. The van der Waals surface area contributed by atoms with Crippen LogP contribution in [-0.2, 0) is 4.43 Å². The second-order valence-corrected chi connectivity index (χ2v) is 9.04. The van der Waals surface area contributed by atoms with Gasteiger partial charge in [-0.3, -0.25) is 0 Å². The third kappa shape index (κ3) is 9.40. The highest BCUT2D eigenvalue weighted by molar-refractivity contribution is 6.71. The Morgan fingerprint density at radius 2 is 1.92 bits per heavy atom. The molecule has 4 heteroatoms. The van der Waals surface area contributed by atoms with Crippen LogP contribution in [0.1, 0.15) is 20.3 Å². The van der Waals surface area contributed by atoms with Gasteiger partial charge in [0.2, 0.25) is 8.32 Å². The van der Waals surface area contributed by atoms with E-state index in [1.165, 1.54) is 0 Å². The molecule has 0 saturated heterocycles. The summed E-state index contributed by atoms with van der Waals surface area (Å²) in [5.74, 6) is 0.618. The fourth-order valence-electron chi connectivity index (χ4n) is 0.777. The van der Waals surface area contributed by atoms with E-state index in [9.17, 15) is 4.79 Å². The number of hydrogen-bond donors (Lipinski definition) is 1. The van der Waals surface area contributed by atoms with E-state index in [1.807, 2.05) is 19.6 Å². The summed E-state index contributed by atoms with van der Waals surface area (Å²) in [6.45, 7) is 11.0. The van der Waals surface area contributed by atoms with Crippen molar-refractivity contribution in [3.63, 3.8) is 0 Å². The third-order valence-electron chi connectivity index (χ3n) is 1.39. The molecule has 0 unspecified atom stereocenters. The molecule has 0 atom stereocenters. The van der Waals surface area contributed by atoms with Gasteiger partial charge in [0.1, 0.15) is 0 Å². The predicted molar refractivity (Wildman–Crippen MR) is 57.3 cm³/mol. The van der Waals surface area contributed by atoms with Crippen molar-refractivity contribution in [2.45, 2.75) is 39.9 Å². The quantitative estimate of drug-likeness (QED) is 0.713. The van der Waals surface area contributed by atoms with Crippen molar-refractivity contribution >= 4 is 14.4 Å². The van der Waals surface area contributed by atoms with Crippen LogP contribution in [0.4, 0.5) is 4.79 Å². The maximum absolute atomic E-state index is 11.1. The normalized spacial score (nSPS) is 11.5. The van der Waals surface area contributed by atoms with E-state index in [-0.39, 0.29) is 6.09 Å². The minimum Gasteiger partial charge on any atom is -0.504 e. The van der Waals surface area contributed by atoms with Crippen LogP contribution in [0, 0.1) is 5.92 Å². The van der Waals surface area contributed by atoms with Gasteiger partial charge in [0.25, 0.3) is 0 Å². The molecule has 0 saturated carbocycles. The topological polar surface area (TPSA) is 38.3 Å². The summed E-state index contributed by atoms with van der Waals surface area (Å²) in [6, 6.07) is 0. The second-order valence-electron chi connectivity index (χ2n) is 4.61. The molecule has 0 aliphatic rings. The van der Waals surface area contributed by atoms with E-state index >= 15 is 0 Å². The lowest BCUT2D eigenvalue weighted by molar-refractivity contribution is 0.198. The molecule has 0 radical (unpaired) electrons. The molecular weight excluding hydrogens is 182 g/mol. The van der Waals surface area contributed by atoms with Gasteiger partial charge in [0.15, 0.2) is 0 Å². The number of rotatable bonds is 4. The minimum atomic E-state index is -1.71. The smallest absolute Gasteiger partial charge is 0.393 e. The zero-order chi connectivity index (χ0) is 10.5. The van der Waals surface area contributed by atoms with E-state index in [4.69, 9.17) is 4.43 Å². The first-order valence-corrected chi connectivity index (χ1v) is 8.19. The van der Waals surface area contributed by atoms with E-state index < -0.39 is 8.32 Å². The van der Waals surface area contributed by atoms with Crippen molar-refractivity contribution in [1.29, 1.82) is 0 Å². The lowest BCUT2D eigenvalue weighted by Gasteiger charge is -2.17. The molecule has 0 bridgehead atoms. The predicted octanol–water partition coefficient (Wildman–Crippen LogP) is 2.59. The van der Waals surface area contributed by atoms with Crippen LogP contribution in [0.2, 0.25) is 19.6 Å². The Morgan fingerprint density at radius 3 is 2.31 bits per heavy atom. The van der Waals surface area contributed by atoms with Crippen molar-refractivity contribution in [2.24, 2.45) is 5.92 Å². The van der Waals surface area contributed by atoms with Gasteiger partial charge in [-0.05, 0) is 32.0 Å². The Hall–Kier alpha value is -0.513. The Balaban J connectivity index is 3.53. The standard InChI is InChI=1S/C9H21NO2Si/c1-8(2)6-7-10-9(11)12-13(3,4)5/h8H,6-7H2,1-5H3,(H,10,11).